The summed E-state index contributed by atoms with van der Waals surface area (Å²) in [7, 11) is 4.04. The molecule has 1 aromatic rings. The second-order valence-electron chi connectivity index (χ2n) is 5.43. The van der Waals surface area contributed by atoms with E-state index in [-0.39, 0.29) is 0 Å². The molecule has 0 spiro atoms. The third-order valence-electron chi connectivity index (χ3n) is 3.35. The molecule has 1 aliphatic heterocycles. The Morgan fingerprint density at radius 1 is 1.45 bits per heavy atom. The lowest BCUT2D eigenvalue weighted by molar-refractivity contribution is 0.253. The van der Waals surface area contributed by atoms with Crippen LogP contribution in [0, 0.1) is 0 Å². The second-order valence-corrected chi connectivity index (χ2v) is 6.65. The predicted molar refractivity (Wildman–Crippen MR) is 92.5 cm³/mol. The lowest BCUT2D eigenvalue weighted by atomic mass is 10.3. The molecule has 0 radical (unpaired) electrons. The fourth-order valence-corrected chi connectivity index (χ4v) is 2.93. The van der Waals surface area contributed by atoms with E-state index in [0.29, 0.717) is 25.0 Å². The first kappa shape index (κ1) is 16.9. The molecule has 0 atom stereocenters. The van der Waals surface area contributed by atoms with Gasteiger partial charge in [-0.2, -0.15) is 11.8 Å². The van der Waals surface area contributed by atoms with Crippen LogP contribution in [-0.2, 0) is 6.54 Å². The largest absolute Gasteiger partial charge is 0.476 e. The van der Waals surface area contributed by atoms with E-state index in [9.17, 15) is 0 Å². The van der Waals surface area contributed by atoms with Gasteiger partial charge in [-0.15, -0.1) is 0 Å². The van der Waals surface area contributed by atoms with E-state index in [1.807, 2.05) is 38.0 Å². The van der Waals surface area contributed by atoms with E-state index in [1.165, 1.54) is 0 Å². The molecule has 0 unspecified atom stereocenters. The summed E-state index contributed by atoms with van der Waals surface area (Å²) in [5.41, 5.74) is 7.12. The highest BCUT2D eigenvalue weighted by Crippen LogP contribution is 2.12. The van der Waals surface area contributed by atoms with Crippen molar-refractivity contribution in [3.63, 3.8) is 0 Å². The molecule has 2 N–H and O–H groups in total. The molecule has 2 rings (SSSR count). The summed E-state index contributed by atoms with van der Waals surface area (Å²) in [5.74, 6) is 3.51. The van der Waals surface area contributed by atoms with Gasteiger partial charge in [0.1, 0.15) is 6.61 Å². The second kappa shape index (κ2) is 8.85. The van der Waals surface area contributed by atoms with E-state index >= 15 is 0 Å². The topological polar surface area (TPSA) is 67.0 Å². The molecule has 6 nitrogen and oxygen atoms in total. The lowest BCUT2D eigenvalue weighted by Crippen LogP contribution is -2.42. The Labute approximate surface area is 136 Å². The number of hydrogen-bond acceptors (Lipinski definition) is 5. The third-order valence-corrected chi connectivity index (χ3v) is 4.29. The number of thioether (sulfide) groups is 1. The zero-order valence-corrected chi connectivity index (χ0v) is 14.2. The van der Waals surface area contributed by atoms with Crippen molar-refractivity contribution < 1.29 is 4.74 Å². The molecule has 0 saturated carbocycles. The van der Waals surface area contributed by atoms with Crippen LogP contribution in [-0.4, -0.2) is 72.6 Å². The number of nitrogens with two attached hydrogens (primary N) is 1. The Hall–Kier alpha value is -1.47. The Morgan fingerprint density at radius 3 is 2.95 bits per heavy atom. The van der Waals surface area contributed by atoms with Crippen LogP contribution >= 0.6 is 11.8 Å². The van der Waals surface area contributed by atoms with Gasteiger partial charge in [-0.1, -0.05) is 0 Å². The van der Waals surface area contributed by atoms with Gasteiger partial charge in [0.2, 0.25) is 5.88 Å². The minimum atomic E-state index is 0.558. The average molecular weight is 323 g/mol. The summed E-state index contributed by atoms with van der Waals surface area (Å²) in [6.07, 6.45) is 1.75. The van der Waals surface area contributed by atoms with Crippen molar-refractivity contribution in [2.75, 3.05) is 51.8 Å². The molecular weight excluding hydrogens is 298 g/mol. The van der Waals surface area contributed by atoms with Gasteiger partial charge >= 0.3 is 0 Å². The number of rotatable bonds is 6. The first-order valence-corrected chi connectivity index (χ1v) is 8.65. The average Bonchev–Trinajstić information content (AvgIpc) is 2.53. The quantitative estimate of drug-likeness (QED) is 0.619. The van der Waals surface area contributed by atoms with E-state index in [0.717, 1.165) is 36.7 Å². The van der Waals surface area contributed by atoms with Gasteiger partial charge in [0.15, 0.2) is 5.96 Å². The van der Waals surface area contributed by atoms with Gasteiger partial charge in [0, 0.05) is 43.4 Å². The van der Waals surface area contributed by atoms with Crippen LogP contribution in [0.5, 0.6) is 5.88 Å². The summed E-state index contributed by atoms with van der Waals surface area (Å²) >= 11 is 1.96. The first-order valence-electron chi connectivity index (χ1n) is 7.50. The maximum atomic E-state index is 6.06. The van der Waals surface area contributed by atoms with Crippen LogP contribution in [0.1, 0.15) is 5.56 Å². The number of likely N-dealkylation sites (N-methyl/N-ethyl adjacent to an activating group) is 1. The van der Waals surface area contributed by atoms with E-state index in [1.54, 1.807) is 6.20 Å². The van der Waals surface area contributed by atoms with Crippen LogP contribution in [0.3, 0.4) is 0 Å². The highest BCUT2D eigenvalue weighted by molar-refractivity contribution is 7.99. The summed E-state index contributed by atoms with van der Waals surface area (Å²) in [4.78, 5) is 12.9. The van der Waals surface area contributed by atoms with Crippen molar-refractivity contribution in [1.82, 2.24) is 14.8 Å². The minimum absolute atomic E-state index is 0.558. The van der Waals surface area contributed by atoms with E-state index < -0.39 is 0 Å². The maximum Gasteiger partial charge on any atom is 0.213 e. The van der Waals surface area contributed by atoms with Crippen LogP contribution in [0.15, 0.2) is 23.3 Å². The van der Waals surface area contributed by atoms with Gasteiger partial charge in [0.25, 0.3) is 0 Å². The molecule has 1 aliphatic rings. The standard InChI is InChI=1S/C15H25N5OS/c1-19(2)5-8-21-14-11-13(3-4-17-14)12-18-15(16)20-6-9-22-10-7-20/h3-4,11H,5-10,12H2,1-2H3,(H2,16,18). The summed E-state index contributed by atoms with van der Waals surface area (Å²) in [6, 6.07) is 3.88. The molecule has 0 aromatic carbocycles. The SMILES string of the molecule is CN(C)CCOc1cc(CN=C(N)N2CCSCC2)ccn1. The number of hydrogen-bond donors (Lipinski definition) is 1. The van der Waals surface area contributed by atoms with Gasteiger partial charge < -0.3 is 20.3 Å². The molecular formula is C15H25N5OS. The monoisotopic (exact) mass is 323 g/mol. The van der Waals surface area contributed by atoms with E-state index in [2.05, 4.69) is 19.8 Å². The van der Waals surface area contributed by atoms with Crippen LogP contribution in [0.25, 0.3) is 0 Å². The van der Waals surface area contributed by atoms with Crippen LogP contribution < -0.4 is 10.5 Å². The normalized spacial score (nSPS) is 16.1. The number of aliphatic imine (C=N–C) groups is 1. The zero-order chi connectivity index (χ0) is 15.8. The molecule has 7 heteroatoms. The number of ether oxygens (including phenoxy) is 1. The highest BCUT2D eigenvalue weighted by atomic mass is 32.2. The van der Waals surface area contributed by atoms with E-state index in [4.69, 9.17) is 10.5 Å². The Kier molecular flexibility index (Phi) is 6.79. The van der Waals surface area contributed by atoms with Crippen molar-refractivity contribution >= 4 is 17.7 Å². The molecule has 0 amide bonds. The predicted octanol–water partition coefficient (Wildman–Crippen LogP) is 0.886. The number of aromatic nitrogens is 1. The maximum absolute atomic E-state index is 6.06. The fourth-order valence-electron chi connectivity index (χ4n) is 2.03. The summed E-state index contributed by atoms with van der Waals surface area (Å²) in [5, 5.41) is 0. The Bertz CT molecular complexity index is 489. The van der Waals surface area contributed by atoms with Gasteiger partial charge in [0.05, 0.1) is 6.54 Å². The Balaban J connectivity index is 1.86. The molecule has 1 fully saturated rings. The minimum Gasteiger partial charge on any atom is -0.476 e. The zero-order valence-electron chi connectivity index (χ0n) is 13.4. The van der Waals surface area contributed by atoms with Crippen molar-refractivity contribution in [1.29, 1.82) is 0 Å². The van der Waals surface area contributed by atoms with Crippen molar-refractivity contribution in [2.24, 2.45) is 10.7 Å². The van der Waals surface area contributed by atoms with Crippen LogP contribution in [0.4, 0.5) is 0 Å². The van der Waals surface area contributed by atoms with Gasteiger partial charge in [-0.25, -0.2) is 9.98 Å². The molecule has 22 heavy (non-hydrogen) atoms. The van der Waals surface area contributed by atoms with Crippen molar-refractivity contribution in [3.05, 3.63) is 23.9 Å². The Morgan fingerprint density at radius 2 is 2.23 bits per heavy atom. The van der Waals surface area contributed by atoms with Crippen molar-refractivity contribution in [2.45, 2.75) is 6.54 Å². The fraction of sp³-hybridized carbons (Fsp3) is 0.600. The first-order chi connectivity index (χ1) is 10.6. The molecule has 0 bridgehead atoms. The lowest BCUT2D eigenvalue weighted by Gasteiger charge is -2.27. The third kappa shape index (κ3) is 5.73. The van der Waals surface area contributed by atoms with Crippen molar-refractivity contribution in [3.8, 4) is 5.88 Å². The van der Waals surface area contributed by atoms with Gasteiger partial charge in [-0.05, 0) is 25.7 Å². The number of nitrogens with zero attached hydrogens (tertiary/aromatic N) is 4. The molecule has 122 valence electrons. The van der Waals surface area contributed by atoms with Gasteiger partial charge in [-0.3, -0.25) is 0 Å². The number of pyridine rings is 1. The molecule has 2 heterocycles. The molecule has 1 aromatic heterocycles. The van der Waals surface area contributed by atoms with Crippen LogP contribution in [0.2, 0.25) is 0 Å². The summed E-state index contributed by atoms with van der Waals surface area (Å²) in [6.45, 7) is 4.01. The molecule has 1 saturated heterocycles. The summed E-state index contributed by atoms with van der Waals surface area (Å²) < 4.78 is 5.63. The number of guanidine groups is 1. The molecule has 0 aliphatic carbocycles. The highest BCUT2D eigenvalue weighted by Gasteiger charge is 2.11. The smallest absolute Gasteiger partial charge is 0.213 e.